The van der Waals surface area contributed by atoms with Crippen LogP contribution in [0.2, 0.25) is 0 Å². The molecule has 1 aromatic rings. The highest BCUT2D eigenvalue weighted by Crippen LogP contribution is 2.08. The second kappa shape index (κ2) is 7.60. The minimum absolute atomic E-state index is 0.121. The number of hydrogen-bond donors (Lipinski definition) is 2. The van der Waals surface area contributed by atoms with Crippen molar-refractivity contribution in [3.63, 3.8) is 0 Å². The normalized spacial score (nSPS) is 15.2. The lowest BCUT2D eigenvalue weighted by atomic mass is 10.1. The average Bonchev–Trinajstić information content (AvgIpc) is 2.48. The molecule has 2 rings (SSSR count). The van der Waals surface area contributed by atoms with Crippen LogP contribution in [0.1, 0.15) is 18.4 Å². The topological polar surface area (TPSA) is 41.1 Å². The summed E-state index contributed by atoms with van der Waals surface area (Å²) in [4.78, 5) is 11.6. The number of halogens is 1. The molecule has 0 fully saturated rings. The highest BCUT2D eigenvalue weighted by molar-refractivity contribution is 5.91. The lowest BCUT2D eigenvalue weighted by molar-refractivity contribution is -0.116. The number of hydrogen-bond acceptors (Lipinski definition) is 2. The van der Waals surface area contributed by atoms with Crippen molar-refractivity contribution >= 4 is 12.0 Å². The zero-order chi connectivity index (χ0) is 14.2. The first kappa shape index (κ1) is 14.5. The van der Waals surface area contributed by atoms with E-state index in [0.717, 1.165) is 31.5 Å². The predicted molar refractivity (Wildman–Crippen MR) is 78.6 cm³/mol. The summed E-state index contributed by atoms with van der Waals surface area (Å²) < 4.78 is 12.7. The molecule has 0 saturated heterocycles. The molecule has 0 saturated carbocycles. The summed E-state index contributed by atoms with van der Waals surface area (Å²) in [5, 5.41) is 6.11. The standard InChI is InChI=1S/C16H19FN2O/c17-15-4-1-13(2-5-15)3-6-16(20)19-12-9-14-7-10-18-11-8-14/h1-7,18H,8-12H2,(H,19,20)/b6-3+. The molecule has 2 N–H and O–H groups in total. The van der Waals surface area contributed by atoms with E-state index >= 15 is 0 Å². The molecule has 0 unspecified atom stereocenters. The Kier molecular flexibility index (Phi) is 5.50. The third-order valence-electron chi connectivity index (χ3n) is 3.20. The van der Waals surface area contributed by atoms with Crippen LogP contribution in [0.4, 0.5) is 4.39 Å². The van der Waals surface area contributed by atoms with Crippen molar-refractivity contribution in [1.82, 2.24) is 10.6 Å². The van der Waals surface area contributed by atoms with Crippen molar-refractivity contribution in [2.45, 2.75) is 12.8 Å². The van der Waals surface area contributed by atoms with Crippen LogP contribution in [0.25, 0.3) is 6.08 Å². The molecule has 0 atom stereocenters. The fourth-order valence-electron chi connectivity index (χ4n) is 2.05. The molecule has 20 heavy (non-hydrogen) atoms. The maximum absolute atomic E-state index is 12.7. The summed E-state index contributed by atoms with van der Waals surface area (Å²) >= 11 is 0. The molecule has 3 nitrogen and oxygen atoms in total. The molecule has 0 radical (unpaired) electrons. The Labute approximate surface area is 118 Å². The smallest absolute Gasteiger partial charge is 0.244 e. The molecule has 1 heterocycles. The molecular formula is C16H19FN2O. The van der Waals surface area contributed by atoms with E-state index in [2.05, 4.69) is 16.7 Å². The van der Waals surface area contributed by atoms with Gasteiger partial charge in [-0.05, 0) is 43.2 Å². The first-order chi connectivity index (χ1) is 9.74. The van der Waals surface area contributed by atoms with Crippen LogP contribution in [-0.4, -0.2) is 25.5 Å². The van der Waals surface area contributed by atoms with Gasteiger partial charge in [0.2, 0.25) is 5.91 Å². The van der Waals surface area contributed by atoms with Gasteiger partial charge in [-0.1, -0.05) is 23.8 Å². The number of amides is 1. The van der Waals surface area contributed by atoms with Gasteiger partial charge in [0.15, 0.2) is 0 Å². The summed E-state index contributed by atoms with van der Waals surface area (Å²) in [6.07, 6.45) is 7.30. The van der Waals surface area contributed by atoms with Crippen molar-refractivity contribution in [2.75, 3.05) is 19.6 Å². The molecule has 106 valence electrons. The monoisotopic (exact) mass is 274 g/mol. The maximum atomic E-state index is 12.7. The van der Waals surface area contributed by atoms with E-state index < -0.39 is 0 Å². The number of rotatable bonds is 5. The van der Waals surface area contributed by atoms with Gasteiger partial charge in [0.25, 0.3) is 0 Å². The summed E-state index contributed by atoms with van der Waals surface area (Å²) in [6, 6.07) is 6.03. The molecule has 0 bridgehead atoms. The van der Waals surface area contributed by atoms with E-state index in [9.17, 15) is 9.18 Å². The van der Waals surface area contributed by atoms with Gasteiger partial charge in [-0.25, -0.2) is 4.39 Å². The third-order valence-corrected chi connectivity index (χ3v) is 3.20. The third kappa shape index (κ3) is 4.97. The van der Waals surface area contributed by atoms with Crippen molar-refractivity contribution in [3.05, 3.63) is 53.4 Å². The Balaban J connectivity index is 1.72. The van der Waals surface area contributed by atoms with Gasteiger partial charge in [-0.3, -0.25) is 4.79 Å². The molecule has 0 aliphatic carbocycles. The van der Waals surface area contributed by atoms with E-state index in [1.807, 2.05) is 0 Å². The fourth-order valence-corrected chi connectivity index (χ4v) is 2.05. The Morgan fingerprint density at radius 2 is 2.15 bits per heavy atom. The summed E-state index contributed by atoms with van der Waals surface area (Å²) in [5.74, 6) is -0.397. The molecule has 0 aromatic heterocycles. The minimum Gasteiger partial charge on any atom is -0.352 e. The Morgan fingerprint density at radius 3 is 2.85 bits per heavy atom. The number of carbonyl (C=O) groups excluding carboxylic acids is 1. The van der Waals surface area contributed by atoms with Crippen molar-refractivity contribution in [1.29, 1.82) is 0 Å². The largest absolute Gasteiger partial charge is 0.352 e. The van der Waals surface area contributed by atoms with Crippen molar-refractivity contribution in [3.8, 4) is 0 Å². The number of carbonyl (C=O) groups is 1. The Morgan fingerprint density at radius 1 is 1.35 bits per heavy atom. The van der Waals surface area contributed by atoms with Gasteiger partial charge >= 0.3 is 0 Å². The molecule has 0 spiro atoms. The van der Waals surface area contributed by atoms with Gasteiger partial charge in [-0.15, -0.1) is 0 Å². The molecule has 1 aliphatic heterocycles. The van der Waals surface area contributed by atoms with Crippen molar-refractivity contribution in [2.24, 2.45) is 0 Å². The predicted octanol–water partition coefficient (Wildman–Crippen LogP) is 2.26. The quantitative estimate of drug-likeness (QED) is 0.639. The van der Waals surface area contributed by atoms with Crippen LogP contribution in [0.15, 0.2) is 42.0 Å². The summed E-state index contributed by atoms with van der Waals surface area (Å²) in [7, 11) is 0. The van der Waals surface area contributed by atoms with Gasteiger partial charge < -0.3 is 10.6 Å². The highest BCUT2D eigenvalue weighted by Gasteiger charge is 2.03. The van der Waals surface area contributed by atoms with Crippen LogP contribution in [-0.2, 0) is 4.79 Å². The Bertz CT molecular complexity index is 506. The van der Waals surface area contributed by atoms with Crippen molar-refractivity contribution < 1.29 is 9.18 Å². The van der Waals surface area contributed by atoms with E-state index in [0.29, 0.717) is 6.54 Å². The first-order valence-electron chi connectivity index (χ1n) is 6.84. The lowest BCUT2D eigenvalue weighted by Gasteiger charge is -2.13. The van der Waals surface area contributed by atoms with Gasteiger partial charge in [0, 0.05) is 19.2 Å². The summed E-state index contributed by atoms with van der Waals surface area (Å²) in [6.45, 7) is 2.59. The maximum Gasteiger partial charge on any atom is 0.244 e. The minimum atomic E-state index is -0.276. The lowest BCUT2D eigenvalue weighted by Crippen LogP contribution is -2.25. The molecule has 1 amide bonds. The first-order valence-corrected chi connectivity index (χ1v) is 6.84. The van der Waals surface area contributed by atoms with Gasteiger partial charge in [0.05, 0.1) is 0 Å². The van der Waals surface area contributed by atoms with Crippen LogP contribution in [0.3, 0.4) is 0 Å². The molecule has 1 aliphatic rings. The van der Waals surface area contributed by atoms with E-state index in [-0.39, 0.29) is 11.7 Å². The zero-order valence-electron chi connectivity index (χ0n) is 11.4. The van der Waals surface area contributed by atoms with E-state index in [4.69, 9.17) is 0 Å². The number of benzene rings is 1. The zero-order valence-corrected chi connectivity index (χ0v) is 11.4. The average molecular weight is 274 g/mol. The van der Waals surface area contributed by atoms with Crippen LogP contribution >= 0.6 is 0 Å². The summed E-state index contributed by atoms with van der Waals surface area (Å²) in [5.41, 5.74) is 2.20. The van der Waals surface area contributed by atoms with Crippen LogP contribution in [0, 0.1) is 5.82 Å². The Hall–Kier alpha value is -1.94. The fraction of sp³-hybridized carbons (Fsp3) is 0.312. The van der Waals surface area contributed by atoms with Crippen LogP contribution in [0.5, 0.6) is 0 Å². The van der Waals surface area contributed by atoms with E-state index in [1.165, 1.54) is 23.8 Å². The van der Waals surface area contributed by atoms with Crippen LogP contribution < -0.4 is 10.6 Å². The number of nitrogens with one attached hydrogen (secondary N) is 2. The van der Waals surface area contributed by atoms with Gasteiger partial charge in [-0.2, -0.15) is 0 Å². The molecular weight excluding hydrogens is 255 g/mol. The molecule has 1 aromatic carbocycles. The second-order valence-electron chi connectivity index (χ2n) is 4.74. The molecule has 4 heteroatoms. The second-order valence-corrected chi connectivity index (χ2v) is 4.74. The highest BCUT2D eigenvalue weighted by atomic mass is 19.1. The SMILES string of the molecule is O=C(/C=C/c1ccc(F)cc1)NCCC1=CCNCC1. The van der Waals surface area contributed by atoms with E-state index in [1.54, 1.807) is 18.2 Å². The van der Waals surface area contributed by atoms with Gasteiger partial charge in [0.1, 0.15) is 5.82 Å².